The number of anilines is 1. The number of carbonyl (C=O) groups excluding carboxylic acids is 2. The fraction of sp³-hybridized carbons (Fsp3) is 0.143. The molecule has 152 valence electrons. The van der Waals surface area contributed by atoms with E-state index in [4.69, 9.17) is 4.42 Å². The second-order valence-electron chi connectivity index (χ2n) is 6.57. The van der Waals surface area contributed by atoms with Gasteiger partial charge in [-0.05, 0) is 25.1 Å². The smallest absolute Gasteiger partial charge is 0.260 e. The molecule has 0 bridgehead atoms. The average Bonchev–Trinajstić information content (AvgIpc) is 3.48. The molecule has 1 aromatic carbocycles. The lowest BCUT2D eigenvalue weighted by molar-refractivity contribution is -0.120. The van der Waals surface area contributed by atoms with E-state index < -0.39 is 0 Å². The molecule has 0 saturated heterocycles. The molecule has 8 nitrogen and oxygen atoms in total. The highest BCUT2D eigenvalue weighted by Gasteiger charge is 2.14. The lowest BCUT2D eigenvalue weighted by Crippen LogP contribution is -2.24. The monoisotopic (exact) mass is 421 g/mol. The summed E-state index contributed by atoms with van der Waals surface area (Å²) in [6, 6.07) is 11.4. The zero-order valence-corrected chi connectivity index (χ0v) is 17.0. The highest BCUT2D eigenvalue weighted by Crippen LogP contribution is 2.18. The van der Waals surface area contributed by atoms with Crippen LogP contribution in [0.3, 0.4) is 0 Å². The van der Waals surface area contributed by atoms with Crippen LogP contribution in [-0.4, -0.2) is 26.6 Å². The number of thiazole rings is 1. The van der Waals surface area contributed by atoms with Crippen LogP contribution in [0.4, 0.5) is 5.13 Å². The summed E-state index contributed by atoms with van der Waals surface area (Å²) in [5, 5.41) is 12.1. The normalized spacial score (nSPS) is 10.7. The Kier molecular flexibility index (Phi) is 5.71. The number of rotatable bonds is 7. The minimum atomic E-state index is -0.290. The summed E-state index contributed by atoms with van der Waals surface area (Å²) in [5.74, 6) is 0.0950. The lowest BCUT2D eigenvalue weighted by atomic mass is 10.2. The van der Waals surface area contributed by atoms with Crippen molar-refractivity contribution in [3.8, 4) is 5.69 Å². The van der Waals surface area contributed by atoms with Crippen LogP contribution >= 0.6 is 11.3 Å². The number of aromatic nitrogens is 3. The predicted octanol–water partition coefficient (Wildman–Crippen LogP) is 3.34. The van der Waals surface area contributed by atoms with Crippen molar-refractivity contribution in [3.63, 3.8) is 0 Å². The van der Waals surface area contributed by atoms with Crippen LogP contribution in [-0.2, 0) is 17.8 Å². The maximum atomic E-state index is 12.3. The molecular formula is C21H19N5O3S. The Balaban J connectivity index is 1.28. The number of furan rings is 1. The fourth-order valence-electron chi connectivity index (χ4n) is 2.83. The fourth-order valence-corrected chi connectivity index (χ4v) is 3.54. The molecule has 0 aliphatic carbocycles. The summed E-state index contributed by atoms with van der Waals surface area (Å²) in [6.45, 7) is 2.09. The summed E-state index contributed by atoms with van der Waals surface area (Å²) >= 11 is 1.27. The SMILES string of the molecule is Cc1occc1C(=O)Nc1nc(CC(=O)NCc2cnn(-c3ccccc3)c2)cs1. The van der Waals surface area contributed by atoms with Crippen LogP contribution < -0.4 is 10.6 Å². The van der Waals surface area contributed by atoms with Crippen molar-refractivity contribution in [2.45, 2.75) is 19.9 Å². The van der Waals surface area contributed by atoms with E-state index >= 15 is 0 Å². The largest absolute Gasteiger partial charge is 0.469 e. The van der Waals surface area contributed by atoms with E-state index in [9.17, 15) is 9.59 Å². The third-order valence-electron chi connectivity index (χ3n) is 4.36. The molecule has 2 amide bonds. The molecule has 0 saturated carbocycles. The number of para-hydroxylation sites is 1. The first-order valence-corrected chi connectivity index (χ1v) is 10.1. The van der Waals surface area contributed by atoms with Crippen LogP contribution in [0.5, 0.6) is 0 Å². The molecule has 2 N–H and O–H groups in total. The van der Waals surface area contributed by atoms with E-state index in [0.29, 0.717) is 28.7 Å². The Hall–Kier alpha value is -3.72. The van der Waals surface area contributed by atoms with Crippen molar-refractivity contribution in [2.24, 2.45) is 0 Å². The van der Waals surface area contributed by atoms with Crippen molar-refractivity contribution in [1.82, 2.24) is 20.1 Å². The van der Waals surface area contributed by atoms with Gasteiger partial charge in [0.1, 0.15) is 5.76 Å². The number of amides is 2. The Bertz CT molecular complexity index is 1160. The Morgan fingerprint density at radius 1 is 1.20 bits per heavy atom. The second-order valence-corrected chi connectivity index (χ2v) is 7.43. The van der Waals surface area contributed by atoms with E-state index in [1.807, 2.05) is 36.5 Å². The topological polar surface area (TPSA) is 102 Å². The quantitative estimate of drug-likeness (QED) is 0.476. The summed E-state index contributed by atoms with van der Waals surface area (Å²) in [4.78, 5) is 28.8. The van der Waals surface area contributed by atoms with Crippen molar-refractivity contribution in [3.05, 3.63) is 83.0 Å². The van der Waals surface area contributed by atoms with Crippen LogP contribution in [0.1, 0.15) is 27.4 Å². The van der Waals surface area contributed by atoms with E-state index in [0.717, 1.165) is 11.3 Å². The first-order valence-electron chi connectivity index (χ1n) is 9.24. The molecule has 4 rings (SSSR count). The number of nitrogens with one attached hydrogen (secondary N) is 2. The highest BCUT2D eigenvalue weighted by atomic mass is 32.1. The number of benzene rings is 1. The molecule has 4 aromatic rings. The van der Waals surface area contributed by atoms with Crippen LogP contribution in [0, 0.1) is 6.92 Å². The lowest BCUT2D eigenvalue weighted by Gasteiger charge is -2.02. The predicted molar refractivity (Wildman–Crippen MR) is 113 cm³/mol. The molecule has 0 unspecified atom stereocenters. The van der Waals surface area contributed by atoms with Gasteiger partial charge in [0, 0.05) is 23.7 Å². The molecule has 0 aliphatic rings. The van der Waals surface area contributed by atoms with E-state index in [1.54, 1.807) is 29.2 Å². The van der Waals surface area contributed by atoms with Gasteiger partial charge in [0.25, 0.3) is 5.91 Å². The van der Waals surface area contributed by atoms with Gasteiger partial charge in [-0.15, -0.1) is 11.3 Å². The van der Waals surface area contributed by atoms with Gasteiger partial charge in [-0.3, -0.25) is 14.9 Å². The Labute approximate surface area is 176 Å². The third kappa shape index (κ3) is 4.64. The van der Waals surface area contributed by atoms with Crippen molar-refractivity contribution < 1.29 is 14.0 Å². The minimum absolute atomic E-state index is 0.129. The zero-order chi connectivity index (χ0) is 20.9. The third-order valence-corrected chi connectivity index (χ3v) is 5.17. The molecule has 30 heavy (non-hydrogen) atoms. The molecule has 0 aliphatic heterocycles. The average molecular weight is 421 g/mol. The maximum Gasteiger partial charge on any atom is 0.260 e. The molecule has 3 heterocycles. The van der Waals surface area contributed by atoms with Crippen LogP contribution in [0.2, 0.25) is 0 Å². The van der Waals surface area contributed by atoms with E-state index in [-0.39, 0.29) is 18.2 Å². The van der Waals surface area contributed by atoms with Gasteiger partial charge in [-0.2, -0.15) is 5.10 Å². The van der Waals surface area contributed by atoms with Gasteiger partial charge < -0.3 is 9.73 Å². The van der Waals surface area contributed by atoms with Gasteiger partial charge in [0.05, 0.1) is 35.8 Å². The van der Waals surface area contributed by atoms with Crippen molar-refractivity contribution >= 4 is 28.3 Å². The number of hydrogen-bond acceptors (Lipinski definition) is 6. The van der Waals surface area contributed by atoms with Gasteiger partial charge in [-0.25, -0.2) is 9.67 Å². The van der Waals surface area contributed by atoms with Gasteiger partial charge in [0.2, 0.25) is 5.91 Å². The van der Waals surface area contributed by atoms with Gasteiger partial charge >= 0.3 is 0 Å². The number of carbonyl (C=O) groups is 2. The van der Waals surface area contributed by atoms with Crippen molar-refractivity contribution in [1.29, 1.82) is 0 Å². The second kappa shape index (κ2) is 8.75. The van der Waals surface area contributed by atoms with Crippen molar-refractivity contribution in [2.75, 3.05) is 5.32 Å². The minimum Gasteiger partial charge on any atom is -0.469 e. The number of nitrogens with zero attached hydrogens (tertiary/aromatic N) is 3. The molecule has 0 fully saturated rings. The van der Waals surface area contributed by atoms with E-state index in [2.05, 4.69) is 20.7 Å². The summed E-state index contributed by atoms with van der Waals surface area (Å²) in [6.07, 6.45) is 5.20. The molecule has 0 atom stereocenters. The summed E-state index contributed by atoms with van der Waals surface area (Å²) in [7, 11) is 0. The van der Waals surface area contributed by atoms with Gasteiger partial charge in [-0.1, -0.05) is 18.2 Å². The van der Waals surface area contributed by atoms with E-state index in [1.165, 1.54) is 17.6 Å². The first kappa shape index (κ1) is 19.6. The first-order chi connectivity index (χ1) is 14.6. The number of hydrogen-bond donors (Lipinski definition) is 2. The number of aryl methyl sites for hydroxylation is 1. The highest BCUT2D eigenvalue weighted by molar-refractivity contribution is 7.14. The summed E-state index contributed by atoms with van der Waals surface area (Å²) < 4.78 is 6.90. The molecule has 9 heteroatoms. The molecule has 3 aromatic heterocycles. The standard InChI is InChI=1S/C21H19N5O3S/c1-14-18(7-8-29-14)20(28)25-21-24-16(13-30-21)9-19(27)22-10-15-11-23-26(12-15)17-5-3-2-4-6-17/h2-8,11-13H,9-10H2,1H3,(H,22,27)(H,24,25,28). The molecular weight excluding hydrogens is 402 g/mol. The molecule has 0 spiro atoms. The zero-order valence-electron chi connectivity index (χ0n) is 16.2. The van der Waals surface area contributed by atoms with Crippen LogP contribution in [0.15, 0.2) is 64.9 Å². The van der Waals surface area contributed by atoms with Gasteiger partial charge in [0.15, 0.2) is 5.13 Å². The summed E-state index contributed by atoms with van der Waals surface area (Å²) in [5.41, 5.74) is 2.91. The van der Waals surface area contributed by atoms with Crippen LogP contribution in [0.25, 0.3) is 5.69 Å². The Morgan fingerprint density at radius 2 is 2.03 bits per heavy atom. The maximum absolute atomic E-state index is 12.3. The Morgan fingerprint density at radius 3 is 2.80 bits per heavy atom. The molecule has 0 radical (unpaired) electrons.